The molecule has 0 spiro atoms. The molecular weight excluding hydrogens is 745 g/mol. The van der Waals surface area contributed by atoms with Crippen LogP contribution in [0.5, 0.6) is 0 Å². The zero-order valence-electron chi connectivity index (χ0n) is 37.2. The van der Waals surface area contributed by atoms with Crippen molar-refractivity contribution < 1.29 is 0 Å². The lowest BCUT2D eigenvalue weighted by atomic mass is 9.49. The van der Waals surface area contributed by atoms with Gasteiger partial charge in [0.25, 0.3) is 0 Å². The summed E-state index contributed by atoms with van der Waals surface area (Å²) in [6.07, 6.45) is 0. The Morgan fingerprint density at radius 2 is 0.726 bits per heavy atom. The summed E-state index contributed by atoms with van der Waals surface area (Å²) in [7, 11) is 0. The molecule has 0 unspecified atom stereocenters. The van der Waals surface area contributed by atoms with Crippen molar-refractivity contribution in [3.05, 3.63) is 192 Å². The predicted molar refractivity (Wildman–Crippen MR) is 268 cm³/mol. The molecule has 62 heavy (non-hydrogen) atoms. The van der Waals surface area contributed by atoms with Crippen LogP contribution in [0.4, 0.5) is 0 Å². The molecule has 0 saturated heterocycles. The van der Waals surface area contributed by atoms with E-state index in [0.717, 1.165) is 0 Å². The Balaban J connectivity index is 1.23. The van der Waals surface area contributed by atoms with Crippen molar-refractivity contribution in [2.75, 3.05) is 0 Å². The van der Waals surface area contributed by atoms with Crippen LogP contribution in [-0.2, 0) is 10.8 Å². The lowest BCUT2D eigenvalue weighted by Gasteiger charge is -2.54. The molecule has 0 N–H and O–H groups in total. The lowest BCUT2D eigenvalue weighted by Crippen LogP contribution is -2.50. The molecule has 0 heteroatoms. The van der Waals surface area contributed by atoms with Gasteiger partial charge in [-0.25, -0.2) is 0 Å². The average molecular weight is 797 g/mol. The van der Waals surface area contributed by atoms with Crippen molar-refractivity contribution in [2.24, 2.45) is 10.8 Å². The summed E-state index contributed by atoms with van der Waals surface area (Å²) in [4.78, 5) is 0. The van der Waals surface area contributed by atoms with E-state index < -0.39 is 0 Å². The van der Waals surface area contributed by atoms with E-state index in [1.54, 1.807) is 0 Å². The van der Waals surface area contributed by atoms with Gasteiger partial charge < -0.3 is 0 Å². The van der Waals surface area contributed by atoms with E-state index in [4.69, 9.17) is 0 Å². The minimum atomic E-state index is -0.318. The van der Waals surface area contributed by atoms with E-state index in [-0.39, 0.29) is 21.7 Å². The van der Waals surface area contributed by atoms with Crippen LogP contribution in [0.2, 0.25) is 0 Å². The summed E-state index contributed by atoms with van der Waals surface area (Å²) in [5.41, 5.74) is 15.8. The fourth-order valence-electron chi connectivity index (χ4n) is 13.3. The second kappa shape index (κ2) is 12.5. The molecule has 0 saturated carbocycles. The van der Waals surface area contributed by atoms with Crippen LogP contribution >= 0.6 is 0 Å². The highest BCUT2D eigenvalue weighted by molar-refractivity contribution is 6.26. The molecule has 10 aromatic rings. The first kappa shape index (κ1) is 37.3. The van der Waals surface area contributed by atoms with E-state index in [1.165, 1.54) is 121 Å². The van der Waals surface area contributed by atoms with Crippen LogP contribution in [0, 0.1) is 10.8 Å². The van der Waals surface area contributed by atoms with Gasteiger partial charge in [0.05, 0.1) is 0 Å². The molecule has 12 rings (SSSR count). The van der Waals surface area contributed by atoms with Gasteiger partial charge in [-0.15, -0.1) is 0 Å². The van der Waals surface area contributed by atoms with Gasteiger partial charge in [-0.05, 0) is 144 Å². The molecule has 0 radical (unpaired) electrons. The highest BCUT2D eigenvalue weighted by Crippen LogP contribution is 2.69. The molecule has 0 aromatic heterocycles. The zero-order chi connectivity index (χ0) is 42.5. The van der Waals surface area contributed by atoms with E-state index >= 15 is 0 Å². The van der Waals surface area contributed by atoms with Gasteiger partial charge in [-0.3, -0.25) is 0 Å². The van der Waals surface area contributed by atoms with Crippen LogP contribution in [0.25, 0.3) is 98.4 Å². The SMILES string of the molecule is CC1(C)c2ccccc2-c2ccc(-c3c4ccccc4c(-c4cc5c(c6ccccc46)C(C(C)(C)C)(C(C)(C)C)c4c-5c5ccccc5c5ccccc45)c4ccccc34)cc21. The number of benzene rings is 10. The number of rotatable bonds is 2. The molecule has 2 aliphatic carbocycles. The fourth-order valence-corrected chi connectivity index (χ4v) is 13.3. The smallest absolute Gasteiger partial charge is 0.0324 e. The highest BCUT2D eigenvalue weighted by atomic mass is 14.6. The van der Waals surface area contributed by atoms with Crippen molar-refractivity contribution in [3.8, 4) is 44.5 Å². The Bertz CT molecular complexity index is 3490. The topological polar surface area (TPSA) is 0 Å². The Morgan fingerprint density at radius 3 is 1.29 bits per heavy atom. The maximum atomic E-state index is 2.62. The van der Waals surface area contributed by atoms with Gasteiger partial charge in [-0.1, -0.05) is 213 Å². The third-order valence-electron chi connectivity index (χ3n) is 15.3. The van der Waals surface area contributed by atoms with Gasteiger partial charge in [0.2, 0.25) is 0 Å². The summed E-state index contributed by atoms with van der Waals surface area (Å²) in [6.45, 7) is 19.7. The summed E-state index contributed by atoms with van der Waals surface area (Å²) >= 11 is 0. The maximum absolute atomic E-state index is 2.62. The normalized spacial score (nSPS) is 15.0. The second-order valence-corrected chi connectivity index (χ2v) is 20.8. The summed E-state index contributed by atoms with van der Waals surface area (Å²) < 4.78 is 0. The number of hydrogen-bond acceptors (Lipinski definition) is 0. The van der Waals surface area contributed by atoms with Crippen molar-refractivity contribution in [1.82, 2.24) is 0 Å². The van der Waals surface area contributed by atoms with Gasteiger partial charge >= 0.3 is 0 Å². The van der Waals surface area contributed by atoms with Crippen LogP contribution in [0.3, 0.4) is 0 Å². The van der Waals surface area contributed by atoms with Gasteiger partial charge in [-0.2, -0.15) is 0 Å². The van der Waals surface area contributed by atoms with Crippen LogP contribution in [-0.4, -0.2) is 0 Å². The summed E-state index contributed by atoms with van der Waals surface area (Å²) in [5.74, 6) is 0. The molecule has 0 fully saturated rings. The first-order valence-electron chi connectivity index (χ1n) is 22.5. The molecule has 10 aromatic carbocycles. The Labute approximate surface area is 365 Å². The second-order valence-electron chi connectivity index (χ2n) is 20.8. The average Bonchev–Trinajstić information content (AvgIpc) is 3.73. The van der Waals surface area contributed by atoms with Gasteiger partial charge in [0.1, 0.15) is 0 Å². The molecule has 0 aliphatic heterocycles. The minimum absolute atomic E-state index is 0.0854. The largest absolute Gasteiger partial charge is 0.0619 e. The third-order valence-corrected chi connectivity index (χ3v) is 15.3. The standard InChI is InChI=1S/C62H52/c1-59(2,3)62(60(4,5)6)57-48-30-17-11-23-40(48)50(36-51(57)56-43-25-12-9-21-38(43)39-22-10-18-31-49(39)58(56)62)55-46-28-15-13-26-44(46)54(45-27-14-16-29-47(45)55)37-33-34-42-41-24-19-20-32-52(41)61(7,8)53(42)35-37/h9-36H,1-8H3. The molecule has 0 nitrogen and oxygen atoms in total. The lowest BCUT2D eigenvalue weighted by molar-refractivity contribution is 0.0977. The number of hydrogen-bond donors (Lipinski definition) is 0. The maximum Gasteiger partial charge on any atom is 0.0324 e. The quantitative estimate of drug-likeness (QED) is 0.121. The Morgan fingerprint density at radius 1 is 0.306 bits per heavy atom. The first-order chi connectivity index (χ1) is 29.8. The third kappa shape index (κ3) is 4.63. The predicted octanol–water partition coefficient (Wildman–Crippen LogP) is 17.5. The van der Waals surface area contributed by atoms with Crippen molar-refractivity contribution in [1.29, 1.82) is 0 Å². The number of fused-ring (bicyclic) bond motifs is 15. The highest BCUT2D eigenvalue weighted by Gasteiger charge is 2.59. The van der Waals surface area contributed by atoms with Crippen LogP contribution < -0.4 is 0 Å². The van der Waals surface area contributed by atoms with E-state index in [1.807, 2.05) is 0 Å². The molecule has 0 heterocycles. The van der Waals surface area contributed by atoms with Gasteiger partial charge in [0.15, 0.2) is 0 Å². The van der Waals surface area contributed by atoms with Crippen molar-refractivity contribution >= 4 is 53.9 Å². The molecule has 2 aliphatic rings. The molecular formula is C62H52. The van der Waals surface area contributed by atoms with Crippen molar-refractivity contribution in [2.45, 2.75) is 66.2 Å². The zero-order valence-corrected chi connectivity index (χ0v) is 37.2. The molecule has 300 valence electrons. The van der Waals surface area contributed by atoms with E-state index in [2.05, 4.69) is 225 Å². The summed E-state index contributed by atoms with van der Waals surface area (Å²) in [6, 6.07) is 65.0. The molecule has 0 amide bonds. The van der Waals surface area contributed by atoms with Gasteiger partial charge in [0, 0.05) is 10.8 Å². The fraction of sp³-hybridized carbons (Fsp3) is 0.194. The first-order valence-corrected chi connectivity index (χ1v) is 22.5. The Hall–Kier alpha value is -6.50. The molecule has 0 atom stereocenters. The summed E-state index contributed by atoms with van der Waals surface area (Å²) in [5, 5.41) is 13.2. The molecule has 0 bridgehead atoms. The Kier molecular flexibility index (Phi) is 7.54. The monoisotopic (exact) mass is 796 g/mol. The van der Waals surface area contributed by atoms with Crippen LogP contribution in [0.1, 0.15) is 77.6 Å². The van der Waals surface area contributed by atoms with Crippen molar-refractivity contribution in [3.63, 3.8) is 0 Å². The van der Waals surface area contributed by atoms with E-state index in [0.29, 0.717) is 0 Å². The minimum Gasteiger partial charge on any atom is -0.0619 e. The van der Waals surface area contributed by atoms with Crippen LogP contribution in [0.15, 0.2) is 170 Å². The van der Waals surface area contributed by atoms with E-state index in [9.17, 15) is 0 Å².